The highest BCUT2D eigenvalue weighted by atomic mass is 79.9. The summed E-state index contributed by atoms with van der Waals surface area (Å²) in [6.45, 7) is 15.1. The molecular formula is C31H30BrClS3. The summed E-state index contributed by atoms with van der Waals surface area (Å²) in [5.41, 5.74) is 9.58. The molecule has 186 valence electrons. The van der Waals surface area contributed by atoms with Crippen LogP contribution in [0.3, 0.4) is 0 Å². The van der Waals surface area contributed by atoms with Gasteiger partial charge >= 0.3 is 0 Å². The monoisotopic (exact) mass is 612 g/mol. The lowest BCUT2D eigenvalue weighted by Gasteiger charge is -1.99. The zero-order valence-electron chi connectivity index (χ0n) is 21.7. The molecule has 0 radical (unpaired) electrons. The lowest BCUT2D eigenvalue weighted by atomic mass is 10.1. The second-order valence-corrected chi connectivity index (χ2v) is 13.3. The maximum Gasteiger partial charge on any atom is 0.0584 e. The van der Waals surface area contributed by atoms with Crippen LogP contribution in [0, 0.1) is 48.5 Å². The number of fused-ring (bicyclic) bond motifs is 3. The van der Waals surface area contributed by atoms with E-state index < -0.39 is 0 Å². The minimum absolute atomic E-state index is 0.869. The normalized spacial score (nSPS) is 10.9. The molecule has 0 atom stereocenters. The van der Waals surface area contributed by atoms with E-state index in [1.54, 1.807) is 11.3 Å². The van der Waals surface area contributed by atoms with Crippen molar-refractivity contribution in [1.82, 2.24) is 0 Å². The maximum atomic E-state index is 6.05. The van der Waals surface area contributed by atoms with Gasteiger partial charge in [0.05, 0.1) is 9.72 Å². The van der Waals surface area contributed by atoms with E-state index in [0.29, 0.717) is 0 Å². The van der Waals surface area contributed by atoms with Gasteiger partial charge in [-0.05, 0) is 154 Å². The summed E-state index contributed by atoms with van der Waals surface area (Å²) < 4.78 is 5.21. The van der Waals surface area contributed by atoms with Crippen LogP contribution in [-0.4, -0.2) is 0 Å². The third-order valence-corrected chi connectivity index (χ3v) is 11.2. The third-order valence-electron chi connectivity index (χ3n) is 6.52. The van der Waals surface area contributed by atoms with Crippen LogP contribution in [-0.2, 0) is 0 Å². The topological polar surface area (TPSA) is 0 Å². The number of halogens is 2. The smallest absolute Gasteiger partial charge is 0.0584 e. The highest BCUT2D eigenvalue weighted by molar-refractivity contribution is 9.10. The first-order chi connectivity index (χ1) is 17.1. The SMILES string of the molecule is Cc1cc2scc(C)c2cc1C.Cc1ccc(Br)c2scc(C)c12.Cc1ccc(Cl)c2scc(C)c12. The molecule has 0 amide bonds. The summed E-state index contributed by atoms with van der Waals surface area (Å²) >= 11 is 15.0. The average Bonchev–Trinajstić information content (AvgIpc) is 3.54. The van der Waals surface area contributed by atoms with E-state index in [1.807, 2.05) is 28.7 Å². The van der Waals surface area contributed by atoms with E-state index in [4.69, 9.17) is 11.6 Å². The molecule has 0 bridgehead atoms. The Morgan fingerprint density at radius 3 is 1.69 bits per heavy atom. The molecule has 0 spiro atoms. The van der Waals surface area contributed by atoms with Crippen LogP contribution in [0.25, 0.3) is 30.3 Å². The summed E-state index contributed by atoms with van der Waals surface area (Å²) in [4.78, 5) is 0. The fourth-order valence-corrected chi connectivity index (χ4v) is 8.34. The van der Waals surface area contributed by atoms with Crippen LogP contribution in [0.2, 0.25) is 5.02 Å². The highest BCUT2D eigenvalue weighted by Crippen LogP contribution is 2.35. The largest absolute Gasteiger partial charge is 0.144 e. The molecule has 6 rings (SSSR count). The second kappa shape index (κ2) is 11.4. The van der Waals surface area contributed by atoms with Gasteiger partial charge in [-0.25, -0.2) is 0 Å². The summed E-state index contributed by atoms with van der Waals surface area (Å²) in [5, 5.41) is 11.6. The maximum absolute atomic E-state index is 6.05. The highest BCUT2D eigenvalue weighted by Gasteiger charge is 2.07. The molecule has 0 aliphatic carbocycles. The van der Waals surface area contributed by atoms with Gasteiger partial charge in [0.2, 0.25) is 0 Å². The Kier molecular flexibility index (Phi) is 8.63. The van der Waals surface area contributed by atoms with Crippen molar-refractivity contribution in [3.63, 3.8) is 0 Å². The van der Waals surface area contributed by atoms with E-state index in [-0.39, 0.29) is 0 Å². The molecule has 0 saturated carbocycles. The molecule has 6 aromatic rings. The Hall–Kier alpha value is -1.69. The van der Waals surface area contributed by atoms with E-state index in [2.05, 4.69) is 111 Å². The van der Waals surface area contributed by atoms with Gasteiger partial charge in [-0.15, -0.1) is 34.0 Å². The number of aryl methyl sites for hydroxylation is 7. The van der Waals surface area contributed by atoms with Crippen LogP contribution in [0.15, 0.2) is 57.0 Å². The van der Waals surface area contributed by atoms with E-state index in [1.165, 1.54) is 73.7 Å². The number of benzene rings is 3. The molecule has 5 heteroatoms. The minimum atomic E-state index is 0.869. The van der Waals surface area contributed by atoms with Crippen molar-refractivity contribution in [3.05, 3.63) is 101 Å². The fourth-order valence-electron chi connectivity index (χ4n) is 4.35. The first-order valence-corrected chi connectivity index (χ1v) is 15.6. The van der Waals surface area contributed by atoms with Gasteiger partial charge in [0.25, 0.3) is 0 Å². The van der Waals surface area contributed by atoms with Crippen LogP contribution < -0.4 is 0 Å². The van der Waals surface area contributed by atoms with E-state index in [0.717, 1.165) is 5.02 Å². The first-order valence-electron chi connectivity index (χ1n) is 11.8. The van der Waals surface area contributed by atoms with Crippen molar-refractivity contribution in [2.75, 3.05) is 0 Å². The van der Waals surface area contributed by atoms with Crippen molar-refractivity contribution in [1.29, 1.82) is 0 Å². The van der Waals surface area contributed by atoms with Crippen molar-refractivity contribution in [2.45, 2.75) is 48.5 Å². The molecule has 0 saturated heterocycles. The van der Waals surface area contributed by atoms with Gasteiger partial charge in [0, 0.05) is 13.9 Å². The number of hydrogen-bond donors (Lipinski definition) is 0. The quantitative estimate of drug-likeness (QED) is 0.160. The Bertz CT molecular complexity index is 1600. The minimum Gasteiger partial charge on any atom is -0.144 e. The predicted octanol–water partition coefficient (Wildman–Crippen LogP) is 12.3. The molecule has 0 fully saturated rings. The van der Waals surface area contributed by atoms with Crippen LogP contribution >= 0.6 is 61.5 Å². The van der Waals surface area contributed by atoms with E-state index in [9.17, 15) is 0 Å². The molecule has 3 aromatic carbocycles. The van der Waals surface area contributed by atoms with Gasteiger partial charge < -0.3 is 0 Å². The Morgan fingerprint density at radius 2 is 1.08 bits per heavy atom. The number of hydrogen-bond acceptors (Lipinski definition) is 3. The average molecular weight is 614 g/mol. The summed E-state index contributed by atoms with van der Waals surface area (Å²) in [7, 11) is 0. The molecular weight excluding hydrogens is 584 g/mol. The van der Waals surface area contributed by atoms with Gasteiger partial charge in [0.1, 0.15) is 0 Å². The Balaban J connectivity index is 0.000000127. The summed E-state index contributed by atoms with van der Waals surface area (Å²) in [5.74, 6) is 0. The van der Waals surface area contributed by atoms with Gasteiger partial charge in [-0.1, -0.05) is 29.8 Å². The Morgan fingerprint density at radius 1 is 0.556 bits per heavy atom. The third kappa shape index (κ3) is 5.58. The van der Waals surface area contributed by atoms with Gasteiger partial charge in [0.15, 0.2) is 0 Å². The van der Waals surface area contributed by atoms with Crippen molar-refractivity contribution in [3.8, 4) is 0 Å². The first kappa shape index (κ1) is 27.3. The van der Waals surface area contributed by atoms with Gasteiger partial charge in [-0.3, -0.25) is 0 Å². The Labute approximate surface area is 239 Å². The lowest BCUT2D eigenvalue weighted by Crippen LogP contribution is -1.79. The zero-order chi connectivity index (χ0) is 26.1. The van der Waals surface area contributed by atoms with Crippen molar-refractivity contribution < 1.29 is 0 Å². The molecule has 0 nitrogen and oxygen atoms in total. The summed E-state index contributed by atoms with van der Waals surface area (Å²) in [6.07, 6.45) is 0. The zero-order valence-corrected chi connectivity index (χ0v) is 26.5. The lowest BCUT2D eigenvalue weighted by molar-refractivity contribution is 1.37. The fraction of sp³-hybridized carbons (Fsp3) is 0.226. The molecule has 0 N–H and O–H groups in total. The number of rotatable bonds is 0. The van der Waals surface area contributed by atoms with Crippen LogP contribution in [0.5, 0.6) is 0 Å². The molecule has 0 aliphatic rings. The van der Waals surface area contributed by atoms with Gasteiger partial charge in [-0.2, -0.15) is 0 Å². The number of thiophene rings is 3. The van der Waals surface area contributed by atoms with Crippen molar-refractivity contribution >= 4 is 91.8 Å². The molecule has 3 aromatic heterocycles. The summed E-state index contributed by atoms with van der Waals surface area (Å²) in [6, 6.07) is 12.9. The molecule has 0 aliphatic heterocycles. The predicted molar refractivity (Wildman–Crippen MR) is 171 cm³/mol. The van der Waals surface area contributed by atoms with Crippen LogP contribution in [0.1, 0.15) is 38.9 Å². The molecule has 0 unspecified atom stereocenters. The van der Waals surface area contributed by atoms with Crippen molar-refractivity contribution in [2.24, 2.45) is 0 Å². The second-order valence-electron chi connectivity index (χ2n) is 9.33. The molecule has 36 heavy (non-hydrogen) atoms. The van der Waals surface area contributed by atoms with Crippen LogP contribution in [0.4, 0.5) is 0 Å². The van der Waals surface area contributed by atoms with E-state index >= 15 is 0 Å². The molecule has 3 heterocycles. The standard InChI is InChI=1S/C11H12S.C10H9BrS.C10H9ClS/c1-7-4-10-9(3)6-12-11(10)5-8(7)2;2*1-6-3-4-8(11)10-9(6)7(2)5-12-10/h4-6H,1-3H3;2*3-5H,1-2H3.